The highest BCUT2D eigenvalue weighted by atomic mass is 19.1. The van der Waals surface area contributed by atoms with Crippen molar-refractivity contribution in [1.29, 1.82) is 0 Å². The summed E-state index contributed by atoms with van der Waals surface area (Å²) < 4.78 is 13.3. The highest BCUT2D eigenvalue weighted by Crippen LogP contribution is 2.27. The molecule has 0 saturated carbocycles. The highest BCUT2D eigenvalue weighted by Gasteiger charge is 2.26. The van der Waals surface area contributed by atoms with Crippen LogP contribution in [-0.2, 0) is 6.54 Å². The largest absolute Gasteiger partial charge is 0.327 e. The van der Waals surface area contributed by atoms with Crippen molar-refractivity contribution in [3.05, 3.63) is 71.5 Å². The van der Waals surface area contributed by atoms with Crippen LogP contribution >= 0.6 is 0 Å². The molecular formula is C18H21FN2. The first-order valence-corrected chi connectivity index (χ1v) is 7.48. The van der Waals surface area contributed by atoms with Gasteiger partial charge < -0.3 is 5.73 Å². The molecule has 1 heterocycles. The van der Waals surface area contributed by atoms with Crippen molar-refractivity contribution in [2.24, 2.45) is 5.73 Å². The summed E-state index contributed by atoms with van der Waals surface area (Å²) in [5.41, 5.74) is 8.58. The maximum Gasteiger partial charge on any atom is 0.123 e. The van der Waals surface area contributed by atoms with Crippen LogP contribution in [0.1, 0.15) is 23.5 Å². The van der Waals surface area contributed by atoms with Crippen molar-refractivity contribution in [2.75, 3.05) is 13.1 Å². The fourth-order valence-corrected chi connectivity index (χ4v) is 3.22. The minimum Gasteiger partial charge on any atom is -0.327 e. The van der Waals surface area contributed by atoms with Crippen molar-refractivity contribution < 1.29 is 4.39 Å². The van der Waals surface area contributed by atoms with Gasteiger partial charge in [-0.15, -0.1) is 0 Å². The third-order valence-corrected chi connectivity index (χ3v) is 4.12. The number of rotatable bonds is 3. The number of nitrogens with two attached hydrogens (primary N) is 1. The van der Waals surface area contributed by atoms with Crippen LogP contribution < -0.4 is 5.73 Å². The lowest BCUT2D eigenvalue weighted by Crippen LogP contribution is -2.45. The molecule has 1 aliphatic heterocycles. The Hall–Kier alpha value is -1.71. The van der Waals surface area contributed by atoms with Gasteiger partial charge in [0.05, 0.1) is 0 Å². The standard InChI is InChI=1S/C18H21FN2/c19-17-8-4-5-14(9-17)11-21-12-16(10-18(20)13-21)15-6-2-1-3-7-15/h1-9,16,18H,10-13,20H2. The van der Waals surface area contributed by atoms with Gasteiger partial charge in [0.15, 0.2) is 0 Å². The van der Waals surface area contributed by atoms with Crippen molar-refractivity contribution in [3.63, 3.8) is 0 Å². The van der Waals surface area contributed by atoms with Crippen LogP contribution in [0, 0.1) is 5.82 Å². The fraction of sp³-hybridized carbons (Fsp3) is 0.333. The first kappa shape index (κ1) is 14.2. The van der Waals surface area contributed by atoms with Gasteiger partial charge in [-0.2, -0.15) is 0 Å². The molecule has 110 valence electrons. The molecule has 0 radical (unpaired) electrons. The van der Waals surface area contributed by atoms with Gasteiger partial charge in [0.2, 0.25) is 0 Å². The van der Waals surface area contributed by atoms with E-state index in [0.717, 1.165) is 31.6 Å². The molecule has 2 aromatic carbocycles. The summed E-state index contributed by atoms with van der Waals surface area (Å²) >= 11 is 0. The van der Waals surface area contributed by atoms with Gasteiger partial charge in [0.1, 0.15) is 5.82 Å². The van der Waals surface area contributed by atoms with E-state index in [4.69, 9.17) is 5.73 Å². The molecule has 1 saturated heterocycles. The van der Waals surface area contributed by atoms with E-state index in [9.17, 15) is 4.39 Å². The third kappa shape index (κ3) is 3.69. The first-order valence-electron chi connectivity index (χ1n) is 7.48. The molecule has 0 spiro atoms. The number of hydrogen-bond acceptors (Lipinski definition) is 2. The van der Waals surface area contributed by atoms with Gasteiger partial charge in [-0.25, -0.2) is 4.39 Å². The summed E-state index contributed by atoms with van der Waals surface area (Å²) in [5.74, 6) is 0.289. The number of nitrogens with zero attached hydrogens (tertiary/aromatic N) is 1. The molecule has 0 amide bonds. The average Bonchev–Trinajstić information content (AvgIpc) is 2.47. The van der Waals surface area contributed by atoms with E-state index < -0.39 is 0 Å². The number of halogens is 1. The molecule has 0 bridgehead atoms. The molecule has 2 unspecified atom stereocenters. The molecule has 3 heteroatoms. The SMILES string of the molecule is NC1CC(c2ccccc2)CN(Cc2cccc(F)c2)C1. The molecule has 2 atom stereocenters. The number of likely N-dealkylation sites (tertiary alicyclic amines) is 1. The Morgan fingerprint density at radius 3 is 2.62 bits per heavy atom. The van der Waals surface area contributed by atoms with Crippen LogP contribution in [0.15, 0.2) is 54.6 Å². The van der Waals surface area contributed by atoms with Gasteiger partial charge in [0, 0.05) is 25.7 Å². The molecule has 0 aromatic heterocycles. The number of piperidine rings is 1. The van der Waals surface area contributed by atoms with E-state index in [1.54, 1.807) is 12.1 Å². The molecule has 1 aliphatic rings. The Bertz CT molecular complexity index is 585. The predicted molar refractivity (Wildman–Crippen MR) is 83.5 cm³/mol. The zero-order chi connectivity index (χ0) is 14.7. The minimum atomic E-state index is -0.173. The average molecular weight is 284 g/mol. The maximum absolute atomic E-state index is 13.3. The summed E-state index contributed by atoms with van der Waals surface area (Å²) in [4.78, 5) is 2.33. The van der Waals surface area contributed by atoms with E-state index in [-0.39, 0.29) is 11.9 Å². The van der Waals surface area contributed by atoms with Crippen molar-refractivity contribution in [1.82, 2.24) is 4.90 Å². The monoisotopic (exact) mass is 284 g/mol. The molecule has 0 aliphatic carbocycles. The van der Waals surface area contributed by atoms with E-state index in [0.29, 0.717) is 5.92 Å². The zero-order valence-corrected chi connectivity index (χ0v) is 12.1. The normalized spacial score (nSPS) is 23.1. The van der Waals surface area contributed by atoms with Crippen LogP contribution in [0.4, 0.5) is 4.39 Å². The lowest BCUT2D eigenvalue weighted by molar-refractivity contribution is 0.181. The maximum atomic E-state index is 13.3. The zero-order valence-electron chi connectivity index (χ0n) is 12.1. The van der Waals surface area contributed by atoms with Gasteiger partial charge in [-0.3, -0.25) is 4.90 Å². The fourth-order valence-electron chi connectivity index (χ4n) is 3.22. The minimum absolute atomic E-state index is 0.173. The topological polar surface area (TPSA) is 29.3 Å². The van der Waals surface area contributed by atoms with Crippen LogP contribution in [0.3, 0.4) is 0 Å². The van der Waals surface area contributed by atoms with E-state index in [1.165, 1.54) is 11.6 Å². The van der Waals surface area contributed by atoms with E-state index >= 15 is 0 Å². The Balaban J connectivity index is 1.71. The molecule has 2 nitrogen and oxygen atoms in total. The lowest BCUT2D eigenvalue weighted by atomic mass is 9.88. The summed E-state index contributed by atoms with van der Waals surface area (Å²) in [6.07, 6.45) is 1.02. The summed E-state index contributed by atoms with van der Waals surface area (Å²) in [6.45, 7) is 2.61. The Morgan fingerprint density at radius 1 is 1.05 bits per heavy atom. The highest BCUT2D eigenvalue weighted by molar-refractivity contribution is 5.22. The number of benzene rings is 2. The van der Waals surface area contributed by atoms with Crippen LogP contribution in [0.25, 0.3) is 0 Å². The van der Waals surface area contributed by atoms with Gasteiger partial charge >= 0.3 is 0 Å². The number of hydrogen-bond donors (Lipinski definition) is 1. The second-order valence-corrected chi connectivity index (χ2v) is 5.93. The van der Waals surface area contributed by atoms with Crippen LogP contribution in [0.5, 0.6) is 0 Å². The van der Waals surface area contributed by atoms with Crippen molar-refractivity contribution >= 4 is 0 Å². The Labute approximate surface area is 125 Å². The molecule has 21 heavy (non-hydrogen) atoms. The third-order valence-electron chi connectivity index (χ3n) is 4.12. The van der Waals surface area contributed by atoms with Gasteiger partial charge in [-0.05, 0) is 35.6 Å². The van der Waals surface area contributed by atoms with Gasteiger partial charge in [0.25, 0.3) is 0 Å². The lowest BCUT2D eigenvalue weighted by Gasteiger charge is -2.36. The molecule has 2 aromatic rings. The van der Waals surface area contributed by atoms with Crippen LogP contribution in [0.2, 0.25) is 0 Å². The van der Waals surface area contributed by atoms with E-state index in [2.05, 4.69) is 29.2 Å². The predicted octanol–water partition coefficient (Wildman–Crippen LogP) is 3.14. The van der Waals surface area contributed by atoms with Gasteiger partial charge in [-0.1, -0.05) is 42.5 Å². The molecule has 1 fully saturated rings. The van der Waals surface area contributed by atoms with Crippen LogP contribution in [-0.4, -0.2) is 24.0 Å². The Morgan fingerprint density at radius 2 is 1.86 bits per heavy atom. The molecule has 2 N–H and O–H groups in total. The van der Waals surface area contributed by atoms with E-state index in [1.807, 2.05) is 12.1 Å². The molecule has 3 rings (SSSR count). The quantitative estimate of drug-likeness (QED) is 0.938. The van der Waals surface area contributed by atoms with Crippen molar-refractivity contribution in [2.45, 2.75) is 24.9 Å². The summed E-state index contributed by atoms with van der Waals surface area (Å²) in [5, 5.41) is 0. The summed E-state index contributed by atoms with van der Waals surface area (Å²) in [6, 6.07) is 17.5. The second kappa shape index (κ2) is 6.37. The molecular weight excluding hydrogens is 263 g/mol. The second-order valence-electron chi connectivity index (χ2n) is 5.93. The summed E-state index contributed by atoms with van der Waals surface area (Å²) in [7, 11) is 0. The Kier molecular flexibility index (Phi) is 4.32. The smallest absolute Gasteiger partial charge is 0.123 e. The first-order chi connectivity index (χ1) is 10.2. The van der Waals surface area contributed by atoms with Crippen molar-refractivity contribution in [3.8, 4) is 0 Å².